The summed E-state index contributed by atoms with van der Waals surface area (Å²) in [6.07, 6.45) is -14.8. The molecule has 2 aliphatic heterocycles. The van der Waals surface area contributed by atoms with Gasteiger partial charge in [0.1, 0.15) is 29.0 Å². The van der Waals surface area contributed by atoms with Gasteiger partial charge in [-0.15, -0.1) is 0 Å². The Kier molecular flexibility index (Phi) is 11.7. The number of fused-ring (bicyclic) bond motifs is 2. The summed E-state index contributed by atoms with van der Waals surface area (Å²) in [7, 11) is 0. The number of ether oxygens (including phenoxy) is 8. The van der Waals surface area contributed by atoms with E-state index in [-0.39, 0.29) is 5.56 Å². The zero-order valence-corrected chi connectivity index (χ0v) is 32.8. The van der Waals surface area contributed by atoms with Crippen LogP contribution in [0.3, 0.4) is 0 Å². The largest absolute Gasteiger partial charge is 0.459 e. The van der Waals surface area contributed by atoms with Crippen LogP contribution in [-0.2, 0) is 66.7 Å². The summed E-state index contributed by atoms with van der Waals surface area (Å²) in [6.45, 7) is 11.5. The van der Waals surface area contributed by atoms with Gasteiger partial charge in [-0.05, 0) is 25.5 Å². The first-order valence-corrected chi connectivity index (χ1v) is 18.4. The Morgan fingerprint density at radius 2 is 1.25 bits per heavy atom. The first-order chi connectivity index (χ1) is 26.0. The van der Waals surface area contributed by atoms with Gasteiger partial charge in [0.05, 0.1) is 23.7 Å². The molecule has 5 rings (SSSR count). The molecular weight excluding hydrogens is 740 g/mol. The van der Waals surface area contributed by atoms with Gasteiger partial charge in [-0.25, -0.2) is 4.79 Å². The third kappa shape index (κ3) is 7.98. The number of aliphatic hydroxyl groups is 2. The van der Waals surface area contributed by atoms with E-state index < -0.39 is 144 Å². The quantitative estimate of drug-likeness (QED) is 0.228. The maximum absolute atomic E-state index is 14.2. The van der Waals surface area contributed by atoms with E-state index in [4.69, 9.17) is 37.9 Å². The molecule has 56 heavy (non-hydrogen) atoms. The molecule has 0 aromatic heterocycles. The average molecular weight is 791 g/mol. The lowest BCUT2D eigenvalue weighted by Gasteiger charge is -2.52. The molecular formula is C39H50O17. The normalized spacial score (nSPS) is 38.6. The van der Waals surface area contributed by atoms with Crippen molar-refractivity contribution in [2.45, 2.75) is 147 Å². The van der Waals surface area contributed by atoms with Crippen molar-refractivity contribution in [3.05, 3.63) is 35.9 Å². The van der Waals surface area contributed by atoms with Crippen molar-refractivity contribution in [2.75, 3.05) is 0 Å². The van der Waals surface area contributed by atoms with Crippen molar-refractivity contribution in [1.29, 1.82) is 0 Å². The lowest BCUT2D eigenvalue weighted by atomic mass is 9.65. The van der Waals surface area contributed by atoms with Crippen LogP contribution in [0.15, 0.2) is 30.3 Å². The molecule has 2 heterocycles. The molecule has 2 saturated carbocycles. The van der Waals surface area contributed by atoms with E-state index in [1.165, 1.54) is 31.2 Å². The van der Waals surface area contributed by atoms with Crippen LogP contribution in [0.25, 0.3) is 0 Å². The Labute approximate surface area is 323 Å². The Morgan fingerprint density at radius 1 is 0.696 bits per heavy atom. The highest BCUT2D eigenvalue weighted by Gasteiger charge is 2.76. The lowest BCUT2D eigenvalue weighted by Crippen LogP contribution is -2.71. The molecule has 4 aliphatic rings. The smallest absolute Gasteiger partial charge is 0.338 e. The van der Waals surface area contributed by atoms with Crippen molar-refractivity contribution in [3.63, 3.8) is 0 Å². The van der Waals surface area contributed by atoms with Crippen molar-refractivity contribution in [2.24, 2.45) is 17.3 Å². The molecule has 4 fully saturated rings. The summed E-state index contributed by atoms with van der Waals surface area (Å²) in [5.74, 6) is -9.45. The molecule has 2 aliphatic carbocycles. The first kappa shape index (κ1) is 42.5. The number of carbonyl (C=O) groups excluding carboxylic acids is 7. The Bertz CT molecular complexity index is 1740. The van der Waals surface area contributed by atoms with Crippen molar-refractivity contribution >= 4 is 41.8 Å². The maximum atomic E-state index is 14.2. The molecule has 0 radical (unpaired) electrons. The molecule has 2 bridgehead atoms. The van der Waals surface area contributed by atoms with Gasteiger partial charge in [-0.3, -0.25) is 28.8 Å². The minimum Gasteiger partial charge on any atom is -0.459 e. The van der Waals surface area contributed by atoms with Crippen LogP contribution in [-0.4, -0.2) is 118 Å². The number of benzene rings is 1. The molecule has 2 N–H and O–H groups in total. The van der Waals surface area contributed by atoms with Gasteiger partial charge in [0, 0.05) is 58.8 Å². The highest BCUT2D eigenvalue weighted by atomic mass is 16.6. The minimum absolute atomic E-state index is 0.0329. The molecule has 17 nitrogen and oxygen atoms in total. The molecule has 308 valence electrons. The van der Waals surface area contributed by atoms with Gasteiger partial charge in [0.2, 0.25) is 0 Å². The Morgan fingerprint density at radius 3 is 1.80 bits per heavy atom. The van der Waals surface area contributed by atoms with Gasteiger partial charge in [-0.1, -0.05) is 39.0 Å². The van der Waals surface area contributed by atoms with E-state index in [0.29, 0.717) is 0 Å². The van der Waals surface area contributed by atoms with Crippen molar-refractivity contribution < 1.29 is 81.7 Å². The number of epoxide rings is 1. The van der Waals surface area contributed by atoms with E-state index in [1.807, 2.05) is 0 Å². The first-order valence-electron chi connectivity index (χ1n) is 18.4. The summed E-state index contributed by atoms with van der Waals surface area (Å²) in [5, 5.41) is 26.8. The molecule has 0 amide bonds. The second kappa shape index (κ2) is 15.4. The molecule has 1 aromatic rings. The maximum Gasteiger partial charge on any atom is 0.338 e. The van der Waals surface area contributed by atoms with Gasteiger partial charge in [0.25, 0.3) is 0 Å². The van der Waals surface area contributed by atoms with Crippen LogP contribution in [0.5, 0.6) is 0 Å². The monoisotopic (exact) mass is 790 g/mol. The SMILES string of the molecule is CC(=O)OC1[C@H](OC(C)=O)[C@@H](OC(C)=O)[C@]2(O)CCC(=O)O[C@@H]3[C@H]([C@H]2OC(=O)c2ccccc2)[C@](O)(C[C@@]3(C)OC(C)=O)[C@@H](OC(C)=O)[C@@H](C)[C@@H]2O[C@@H]2C1(C)C. The van der Waals surface area contributed by atoms with E-state index in [1.54, 1.807) is 26.8 Å². The Hall–Kier alpha value is -4.61. The Balaban J connectivity index is 1.93. The van der Waals surface area contributed by atoms with Crippen LogP contribution in [0.1, 0.15) is 91.9 Å². The fourth-order valence-electron chi connectivity index (χ4n) is 9.17. The second-order valence-corrected chi connectivity index (χ2v) is 16.1. The molecule has 17 heteroatoms. The van der Waals surface area contributed by atoms with E-state index in [9.17, 15) is 43.8 Å². The van der Waals surface area contributed by atoms with Gasteiger partial charge in [-0.2, -0.15) is 0 Å². The summed E-state index contributed by atoms with van der Waals surface area (Å²) in [6, 6.07) is 7.52. The average Bonchev–Trinajstić information content (AvgIpc) is 3.86. The molecule has 13 atom stereocenters. The van der Waals surface area contributed by atoms with E-state index in [0.717, 1.165) is 34.6 Å². The summed E-state index contributed by atoms with van der Waals surface area (Å²) >= 11 is 0. The van der Waals surface area contributed by atoms with Crippen LogP contribution in [0.2, 0.25) is 0 Å². The molecule has 1 aromatic carbocycles. The standard InChI is InChI=1S/C39H50O17/c1-18-27-32(54-27)36(7,8)33(51-21(4)42)28(49-19(2)40)34(52-22(5)43)38(47)16-15-25(45)53-30-26(31(38)55-35(46)24-13-11-10-12-14-24)39(48,29(18)50-20(3)41)17-37(30,9)56-23(6)44/h10-14,18,26-34,47-48H,15-17H2,1-9H3/t18-,26+,27-,28-,29-,30+,31+,32-,33?,34+,37+,38-,39+/m0/s1. The second-order valence-electron chi connectivity index (χ2n) is 16.1. The van der Waals surface area contributed by atoms with Crippen molar-refractivity contribution in [1.82, 2.24) is 0 Å². The predicted octanol–water partition coefficient (Wildman–Crippen LogP) is 1.89. The van der Waals surface area contributed by atoms with Crippen molar-refractivity contribution in [3.8, 4) is 0 Å². The third-order valence-electron chi connectivity index (χ3n) is 11.3. The van der Waals surface area contributed by atoms with Crippen LogP contribution in [0.4, 0.5) is 0 Å². The van der Waals surface area contributed by atoms with Crippen LogP contribution in [0, 0.1) is 17.3 Å². The fourth-order valence-corrected chi connectivity index (χ4v) is 9.17. The molecule has 2 saturated heterocycles. The topological polar surface area (TPSA) is 237 Å². The van der Waals surface area contributed by atoms with E-state index >= 15 is 0 Å². The molecule has 0 spiro atoms. The zero-order chi connectivity index (χ0) is 41.7. The summed E-state index contributed by atoms with van der Waals surface area (Å²) in [5.41, 5.74) is -8.68. The number of esters is 7. The third-order valence-corrected chi connectivity index (χ3v) is 11.3. The van der Waals surface area contributed by atoms with Crippen LogP contribution < -0.4 is 0 Å². The highest BCUT2D eigenvalue weighted by Crippen LogP contribution is 2.58. The lowest BCUT2D eigenvalue weighted by molar-refractivity contribution is -0.264. The number of rotatable bonds is 7. The number of hydrogen-bond acceptors (Lipinski definition) is 17. The zero-order valence-electron chi connectivity index (χ0n) is 32.8. The van der Waals surface area contributed by atoms with E-state index in [2.05, 4.69) is 0 Å². The van der Waals surface area contributed by atoms with Gasteiger partial charge >= 0.3 is 41.8 Å². The van der Waals surface area contributed by atoms with Crippen LogP contribution >= 0.6 is 0 Å². The number of carbonyl (C=O) groups is 7. The highest BCUT2D eigenvalue weighted by molar-refractivity contribution is 5.89. The van der Waals surface area contributed by atoms with Gasteiger partial charge in [0.15, 0.2) is 24.4 Å². The summed E-state index contributed by atoms with van der Waals surface area (Å²) < 4.78 is 47.7. The van der Waals surface area contributed by atoms with Gasteiger partial charge < -0.3 is 48.1 Å². The fraction of sp³-hybridized carbons (Fsp3) is 0.667. The number of hydrogen-bond donors (Lipinski definition) is 2. The predicted molar refractivity (Wildman–Crippen MR) is 187 cm³/mol. The minimum atomic E-state index is -2.84. The molecule has 1 unspecified atom stereocenters. The summed E-state index contributed by atoms with van der Waals surface area (Å²) in [4.78, 5) is 92.6.